The van der Waals surface area contributed by atoms with Crippen molar-refractivity contribution < 1.29 is 18.4 Å². The van der Waals surface area contributed by atoms with Crippen molar-refractivity contribution in [2.24, 2.45) is 5.73 Å². The maximum absolute atomic E-state index is 13.2. The Morgan fingerprint density at radius 1 is 1.17 bits per heavy atom. The first kappa shape index (κ1) is 17.1. The highest BCUT2D eigenvalue weighted by Crippen LogP contribution is 2.10. The lowest BCUT2D eigenvalue weighted by molar-refractivity contribution is -0.119. The van der Waals surface area contributed by atoms with Crippen LogP contribution in [0.15, 0.2) is 42.5 Å². The molecule has 2 amide bonds. The molecule has 3 N–H and O–H groups in total. The molecule has 2 rings (SSSR count). The van der Waals surface area contributed by atoms with Crippen LogP contribution in [-0.4, -0.2) is 17.9 Å². The molecule has 0 aliphatic rings. The number of benzene rings is 2. The van der Waals surface area contributed by atoms with E-state index in [1.807, 2.05) is 6.07 Å². The molecule has 0 fully saturated rings. The van der Waals surface area contributed by atoms with Gasteiger partial charge in [0.25, 0.3) is 5.91 Å². The van der Waals surface area contributed by atoms with Gasteiger partial charge in [0.2, 0.25) is 5.91 Å². The average Bonchev–Trinajstić information content (AvgIpc) is 2.53. The Hall–Kier alpha value is -3.27. The number of rotatable bonds is 5. The van der Waals surface area contributed by atoms with E-state index in [-0.39, 0.29) is 12.0 Å². The Balaban J connectivity index is 2.17. The van der Waals surface area contributed by atoms with E-state index in [2.05, 4.69) is 5.32 Å². The number of carbonyl (C=O) groups excluding carboxylic acids is 2. The molecule has 0 aliphatic carbocycles. The summed E-state index contributed by atoms with van der Waals surface area (Å²) in [5, 5.41) is 11.2. The SMILES string of the molecule is N#Cc1cccc(C[C@@H](NC(=O)c2cc(F)cc(F)c2)C(N)=O)c1. The summed E-state index contributed by atoms with van der Waals surface area (Å²) in [5.41, 5.74) is 6.03. The molecule has 122 valence electrons. The second kappa shape index (κ2) is 7.33. The molecule has 0 aromatic heterocycles. The topological polar surface area (TPSA) is 96.0 Å². The van der Waals surface area contributed by atoms with Crippen LogP contribution < -0.4 is 11.1 Å². The third-order valence-electron chi connectivity index (χ3n) is 3.27. The van der Waals surface area contributed by atoms with Crippen LogP contribution in [-0.2, 0) is 11.2 Å². The highest BCUT2D eigenvalue weighted by atomic mass is 19.1. The lowest BCUT2D eigenvalue weighted by Gasteiger charge is -2.16. The van der Waals surface area contributed by atoms with Gasteiger partial charge in [-0.2, -0.15) is 5.26 Å². The van der Waals surface area contributed by atoms with E-state index in [9.17, 15) is 18.4 Å². The number of hydrogen-bond donors (Lipinski definition) is 2. The van der Waals surface area contributed by atoms with E-state index >= 15 is 0 Å². The van der Waals surface area contributed by atoms with Crippen molar-refractivity contribution in [2.75, 3.05) is 0 Å². The first-order valence-corrected chi connectivity index (χ1v) is 6.94. The maximum Gasteiger partial charge on any atom is 0.252 e. The zero-order valence-electron chi connectivity index (χ0n) is 12.4. The van der Waals surface area contributed by atoms with Gasteiger partial charge >= 0.3 is 0 Å². The fourth-order valence-corrected chi connectivity index (χ4v) is 2.15. The second-order valence-electron chi connectivity index (χ2n) is 5.10. The van der Waals surface area contributed by atoms with Crippen molar-refractivity contribution in [3.8, 4) is 6.07 Å². The van der Waals surface area contributed by atoms with Crippen molar-refractivity contribution in [2.45, 2.75) is 12.5 Å². The molecule has 24 heavy (non-hydrogen) atoms. The Labute approximate surface area is 136 Å². The summed E-state index contributed by atoms with van der Waals surface area (Å²) in [6, 6.07) is 9.68. The standard InChI is InChI=1S/C17H13F2N3O2/c18-13-6-12(7-14(19)8-13)17(24)22-15(16(21)23)5-10-2-1-3-11(4-10)9-20/h1-4,6-8,15H,5H2,(H2,21,23)(H,22,24)/t15-/m1/s1. The number of nitrogens with two attached hydrogens (primary N) is 1. The van der Waals surface area contributed by atoms with E-state index < -0.39 is 29.5 Å². The largest absolute Gasteiger partial charge is 0.368 e. The Morgan fingerprint density at radius 3 is 2.42 bits per heavy atom. The van der Waals surface area contributed by atoms with Gasteiger partial charge in [0.15, 0.2) is 0 Å². The minimum atomic E-state index is -1.09. The molecular weight excluding hydrogens is 316 g/mol. The molecule has 0 aliphatic heterocycles. The number of halogens is 2. The summed E-state index contributed by atoms with van der Waals surface area (Å²) in [4.78, 5) is 23.6. The van der Waals surface area contributed by atoms with Crippen molar-refractivity contribution in [3.63, 3.8) is 0 Å². The molecule has 2 aromatic carbocycles. The first-order chi connectivity index (χ1) is 11.4. The van der Waals surface area contributed by atoms with E-state index in [0.717, 1.165) is 12.1 Å². The van der Waals surface area contributed by atoms with Gasteiger partial charge in [-0.1, -0.05) is 12.1 Å². The first-order valence-electron chi connectivity index (χ1n) is 6.94. The van der Waals surface area contributed by atoms with E-state index in [1.165, 1.54) is 0 Å². The highest BCUT2D eigenvalue weighted by molar-refractivity contribution is 5.97. The number of primary amides is 1. The Bertz CT molecular complexity index is 811. The summed E-state index contributed by atoms with van der Waals surface area (Å²) in [5.74, 6) is -3.44. The molecule has 2 aromatic rings. The van der Waals surface area contributed by atoms with Gasteiger partial charge in [0, 0.05) is 18.1 Å². The summed E-state index contributed by atoms with van der Waals surface area (Å²) in [6.45, 7) is 0. The van der Waals surface area contributed by atoms with Crippen LogP contribution in [0.1, 0.15) is 21.5 Å². The van der Waals surface area contributed by atoms with Gasteiger partial charge in [-0.05, 0) is 29.8 Å². The van der Waals surface area contributed by atoms with Gasteiger partial charge in [-0.3, -0.25) is 9.59 Å². The van der Waals surface area contributed by atoms with Crippen LogP contribution in [0.2, 0.25) is 0 Å². The highest BCUT2D eigenvalue weighted by Gasteiger charge is 2.20. The molecule has 0 saturated carbocycles. The number of nitrogens with one attached hydrogen (secondary N) is 1. The molecule has 7 heteroatoms. The fraction of sp³-hybridized carbons (Fsp3) is 0.118. The molecule has 1 atom stereocenters. The Morgan fingerprint density at radius 2 is 1.83 bits per heavy atom. The smallest absolute Gasteiger partial charge is 0.252 e. The summed E-state index contributed by atoms with van der Waals surface area (Å²) < 4.78 is 26.3. The van der Waals surface area contributed by atoms with Crippen molar-refractivity contribution in [1.29, 1.82) is 5.26 Å². The van der Waals surface area contributed by atoms with Gasteiger partial charge in [0.05, 0.1) is 11.6 Å². The van der Waals surface area contributed by atoms with Crippen molar-refractivity contribution >= 4 is 11.8 Å². The van der Waals surface area contributed by atoms with Gasteiger partial charge in [-0.15, -0.1) is 0 Å². The van der Waals surface area contributed by atoms with E-state index in [0.29, 0.717) is 17.2 Å². The lowest BCUT2D eigenvalue weighted by Crippen LogP contribution is -2.45. The summed E-state index contributed by atoms with van der Waals surface area (Å²) in [6.07, 6.45) is 0.0500. The van der Waals surface area contributed by atoms with Gasteiger partial charge in [0.1, 0.15) is 17.7 Å². The van der Waals surface area contributed by atoms with Crippen LogP contribution in [0.3, 0.4) is 0 Å². The molecule has 0 radical (unpaired) electrons. The van der Waals surface area contributed by atoms with Crippen molar-refractivity contribution in [1.82, 2.24) is 5.32 Å². The zero-order valence-corrected chi connectivity index (χ0v) is 12.4. The third-order valence-corrected chi connectivity index (χ3v) is 3.27. The van der Waals surface area contributed by atoms with Crippen LogP contribution in [0.4, 0.5) is 8.78 Å². The van der Waals surface area contributed by atoms with E-state index in [4.69, 9.17) is 11.0 Å². The normalized spacial score (nSPS) is 11.4. The minimum Gasteiger partial charge on any atom is -0.368 e. The summed E-state index contributed by atoms with van der Waals surface area (Å²) in [7, 11) is 0. The van der Waals surface area contributed by atoms with Gasteiger partial charge in [-0.25, -0.2) is 8.78 Å². The number of nitrogens with zero attached hydrogens (tertiary/aromatic N) is 1. The van der Waals surface area contributed by atoms with Crippen LogP contribution in [0, 0.1) is 23.0 Å². The van der Waals surface area contributed by atoms with Crippen LogP contribution in [0.5, 0.6) is 0 Å². The molecule has 0 saturated heterocycles. The van der Waals surface area contributed by atoms with Crippen LogP contribution >= 0.6 is 0 Å². The molecule has 0 spiro atoms. The Kier molecular flexibility index (Phi) is 5.22. The molecule has 0 unspecified atom stereocenters. The minimum absolute atomic E-state index is 0.0500. The summed E-state index contributed by atoms with van der Waals surface area (Å²) >= 11 is 0. The lowest BCUT2D eigenvalue weighted by atomic mass is 10.0. The average molecular weight is 329 g/mol. The molecule has 5 nitrogen and oxygen atoms in total. The van der Waals surface area contributed by atoms with E-state index in [1.54, 1.807) is 24.3 Å². The second-order valence-corrected chi connectivity index (χ2v) is 5.10. The number of carbonyl (C=O) groups is 2. The number of hydrogen-bond acceptors (Lipinski definition) is 3. The van der Waals surface area contributed by atoms with Gasteiger partial charge < -0.3 is 11.1 Å². The third kappa shape index (κ3) is 4.36. The monoisotopic (exact) mass is 329 g/mol. The number of amides is 2. The maximum atomic E-state index is 13.2. The predicted octanol–water partition coefficient (Wildman–Crippen LogP) is 1.66. The quantitative estimate of drug-likeness (QED) is 0.873. The molecule has 0 heterocycles. The van der Waals surface area contributed by atoms with Crippen LogP contribution in [0.25, 0.3) is 0 Å². The molecule has 0 bridgehead atoms. The fourth-order valence-electron chi connectivity index (χ4n) is 2.15. The zero-order chi connectivity index (χ0) is 17.7. The molecular formula is C17H13F2N3O2. The predicted molar refractivity (Wildman–Crippen MR) is 81.7 cm³/mol. The van der Waals surface area contributed by atoms with Crippen molar-refractivity contribution in [3.05, 3.63) is 70.8 Å². The number of nitriles is 1.